The SMILES string of the molecule is O=C(NCc1cccs1)N1CCC(Oc2cccnn2)C1. The van der Waals surface area contributed by atoms with Crippen LogP contribution < -0.4 is 10.1 Å². The van der Waals surface area contributed by atoms with E-state index >= 15 is 0 Å². The third-order valence-corrected chi connectivity index (χ3v) is 4.14. The lowest BCUT2D eigenvalue weighted by Crippen LogP contribution is -2.38. The summed E-state index contributed by atoms with van der Waals surface area (Å²) >= 11 is 1.64. The smallest absolute Gasteiger partial charge is 0.317 e. The van der Waals surface area contributed by atoms with Gasteiger partial charge in [0.1, 0.15) is 6.10 Å². The number of nitrogens with one attached hydrogen (secondary N) is 1. The second-order valence-electron chi connectivity index (χ2n) is 4.77. The van der Waals surface area contributed by atoms with Crippen LogP contribution in [0.15, 0.2) is 35.8 Å². The number of ether oxygens (including phenoxy) is 1. The first-order valence-electron chi connectivity index (χ1n) is 6.81. The van der Waals surface area contributed by atoms with Gasteiger partial charge in [-0.15, -0.1) is 16.4 Å². The second kappa shape index (κ2) is 6.53. The Kier molecular flexibility index (Phi) is 4.30. The number of hydrogen-bond donors (Lipinski definition) is 1. The Balaban J connectivity index is 1.46. The van der Waals surface area contributed by atoms with Crippen molar-refractivity contribution < 1.29 is 9.53 Å². The van der Waals surface area contributed by atoms with Gasteiger partial charge >= 0.3 is 6.03 Å². The molecule has 0 aliphatic carbocycles. The third-order valence-electron chi connectivity index (χ3n) is 3.26. The number of nitrogens with zero attached hydrogens (tertiary/aromatic N) is 3. The van der Waals surface area contributed by atoms with Crippen LogP contribution in [0.1, 0.15) is 11.3 Å². The molecule has 0 bridgehead atoms. The number of carbonyl (C=O) groups excluding carboxylic acids is 1. The molecular weight excluding hydrogens is 288 g/mol. The van der Waals surface area contributed by atoms with E-state index in [0.717, 1.165) is 11.3 Å². The molecule has 7 heteroatoms. The fraction of sp³-hybridized carbons (Fsp3) is 0.357. The van der Waals surface area contributed by atoms with E-state index in [-0.39, 0.29) is 12.1 Å². The molecule has 1 N–H and O–H groups in total. The number of carbonyl (C=O) groups is 1. The van der Waals surface area contributed by atoms with Crippen LogP contribution in [0, 0.1) is 0 Å². The minimum atomic E-state index is -0.0476. The van der Waals surface area contributed by atoms with Gasteiger partial charge in [-0.05, 0) is 17.5 Å². The maximum Gasteiger partial charge on any atom is 0.317 e. The molecule has 1 fully saturated rings. The number of thiophene rings is 1. The Morgan fingerprint density at radius 3 is 3.19 bits per heavy atom. The van der Waals surface area contributed by atoms with E-state index in [0.29, 0.717) is 25.5 Å². The summed E-state index contributed by atoms with van der Waals surface area (Å²) in [7, 11) is 0. The first-order valence-corrected chi connectivity index (χ1v) is 7.69. The van der Waals surface area contributed by atoms with Crippen LogP contribution in [0.3, 0.4) is 0 Å². The monoisotopic (exact) mass is 304 g/mol. The van der Waals surface area contributed by atoms with Gasteiger partial charge in [-0.1, -0.05) is 6.07 Å². The highest BCUT2D eigenvalue weighted by Crippen LogP contribution is 2.16. The molecule has 110 valence electrons. The standard InChI is InChI=1S/C14H16N4O2S/c19-14(15-9-12-3-2-8-21-12)18-7-5-11(10-18)20-13-4-1-6-16-17-13/h1-4,6,8,11H,5,7,9-10H2,(H,15,19). The van der Waals surface area contributed by atoms with Gasteiger partial charge in [-0.3, -0.25) is 0 Å². The fourth-order valence-corrected chi connectivity index (χ4v) is 2.86. The van der Waals surface area contributed by atoms with Crippen molar-refractivity contribution in [2.75, 3.05) is 13.1 Å². The van der Waals surface area contributed by atoms with Crippen LogP contribution >= 0.6 is 11.3 Å². The molecule has 3 rings (SSSR count). The summed E-state index contributed by atoms with van der Waals surface area (Å²) in [6.45, 7) is 1.84. The van der Waals surface area contributed by atoms with Crippen molar-refractivity contribution in [1.29, 1.82) is 0 Å². The van der Waals surface area contributed by atoms with Crippen molar-refractivity contribution in [3.05, 3.63) is 40.7 Å². The zero-order valence-electron chi connectivity index (χ0n) is 11.4. The molecule has 2 amide bonds. The van der Waals surface area contributed by atoms with Gasteiger partial charge in [0, 0.05) is 30.1 Å². The molecule has 6 nitrogen and oxygen atoms in total. The van der Waals surface area contributed by atoms with Gasteiger partial charge in [0.05, 0.1) is 13.1 Å². The molecule has 1 unspecified atom stereocenters. The van der Waals surface area contributed by atoms with Gasteiger partial charge in [0.2, 0.25) is 5.88 Å². The average molecular weight is 304 g/mol. The summed E-state index contributed by atoms with van der Waals surface area (Å²) in [4.78, 5) is 15.0. The first kappa shape index (κ1) is 13.8. The molecule has 0 aromatic carbocycles. The van der Waals surface area contributed by atoms with E-state index in [9.17, 15) is 4.79 Å². The van der Waals surface area contributed by atoms with Gasteiger partial charge < -0.3 is 15.0 Å². The highest BCUT2D eigenvalue weighted by Gasteiger charge is 2.27. The predicted octanol–water partition coefficient (Wildman–Crippen LogP) is 1.90. The normalized spacial score (nSPS) is 17.7. The minimum absolute atomic E-state index is 0.0193. The van der Waals surface area contributed by atoms with Crippen LogP contribution in [0.2, 0.25) is 0 Å². The highest BCUT2D eigenvalue weighted by molar-refractivity contribution is 7.09. The number of rotatable bonds is 4. The molecule has 1 atom stereocenters. The lowest BCUT2D eigenvalue weighted by Gasteiger charge is -2.17. The van der Waals surface area contributed by atoms with Crippen molar-refractivity contribution >= 4 is 17.4 Å². The molecule has 3 heterocycles. The number of amides is 2. The summed E-state index contributed by atoms with van der Waals surface area (Å²) in [5.41, 5.74) is 0. The van der Waals surface area contributed by atoms with E-state index in [4.69, 9.17) is 4.74 Å². The molecule has 2 aromatic heterocycles. The van der Waals surface area contributed by atoms with E-state index in [2.05, 4.69) is 15.5 Å². The van der Waals surface area contributed by atoms with E-state index < -0.39 is 0 Å². The fourth-order valence-electron chi connectivity index (χ4n) is 2.22. The molecule has 1 aliphatic rings. The first-order chi connectivity index (χ1) is 10.3. The molecule has 21 heavy (non-hydrogen) atoms. The quantitative estimate of drug-likeness (QED) is 0.937. The van der Waals surface area contributed by atoms with E-state index in [1.165, 1.54) is 0 Å². The molecule has 2 aromatic rings. The predicted molar refractivity (Wildman–Crippen MR) is 79.2 cm³/mol. The minimum Gasteiger partial charge on any atom is -0.471 e. The summed E-state index contributed by atoms with van der Waals surface area (Å²) < 4.78 is 5.71. The third kappa shape index (κ3) is 3.69. The molecule has 1 aliphatic heterocycles. The second-order valence-corrected chi connectivity index (χ2v) is 5.81. The Morgan fingerprint density at radius 1 is 1.48 bits per heavy atom. The average Bonchev–Trinajstić information content (AvgIpc) is 3.17. The van der Waals surface area contributed by atoms with Crippen LogP contribution in [0.4, 0.5) is 4.79 Å². The van der Waals surface area contributed by atoms with Crippen LogP contribution in [-0.2, 0) is 6.54 Å². The Bertz CT molecular complexity index is 576. The molecule has 0 radical (unpaired) electrons. The topological polar surface area (TPSA) is 67.4 Å². The number of aromatic nitrogens is 2. The van der Waals surface area contributed by atoms with Gasteiger partial charge in [0.25, 0.3) is 0 Å². The van der Waals surface area contributed by atoms with Crippen molar-refractivity contribution in [1.82, 2.24) is 20.4 Å². The zero-order chi connectivity index (χ0) is 14.5. The maximum absolute atomic E-state index is 12.1. The lowest BCUT2D eigenvalue weighted by molar-refractivity contribution is 0.182. The van der Waals surface area contributed by atoms with Gasteiger partial charge in [-0.25, -0.2) is 4.79 Å². The number of urea groups is 1. The number of likely N-dealkylation sites (tertiary alicyclic amines) is 1. The zero-order valence-corrected chi connectivity index (χ0v) is 12.3. The van der Waals surface area contributed by atoms with Crippen molar-refractivity contribution in [2.45, 2.75) is 19.1 Å². The van der Waals surface area contributed by atoms with Gasteiger partial charge in [-0.2, -0.15) is 5.10 Å². The molecule has 0 spiro atoms. The van der Waals surface area contributed by atoms with Crippen molar-refractivity contribution in [2.24, 2.45) is 0 Å². The molecule has 0 saturated carbocycles. The van der Waals surface area contributed by atoms with Crippen molar-refractivity contribution in [3.8, 4) is 5.88 Å². The summed E-state index contributed by atoms with van der Waals surface area (Å²) in [6, 6.07) is 7.49. The Labute approximate surface area is 126 Å². The van der Waals surface area contributed by atoms with Crippen molar-refractivity contribution in [3.63, 3.8) is 0 Å². The van der Waals surface area contributed by atoms with E-state index in [1.807, 2.05) is 17.5 Å². The molecular formula is C14H16N4O2S. The van der Waals surface area contributed by atoms with Crippen LogP contribution in [-0.4, -0.2) is 40.3 Å². The molecule has 1 saturated heterocycles. The van der Waals surface area contributed by atoms with Crippen LogP contribution in [0.25, 0.3) is 0 Å². The van der Waals surface area contributed by atoms with E-state index in [1.54, 1.807) is 34.6 Å². The summed E-state index contributed by atoms with van der Waals surface area (Å²) in [6.07, 6.45) is 2.39. The Hall–Kier alpha value is -2.15. The largest absolute Gasteiger partial charge is 0.471 e. The summed E-state index contributed by atoms with van der Waals surface area (Å²) in [5.74, 6) is 0.503. The van der Waals surface area contributed by atoms with Crippen LogP contribution in [0.5, 0.6) is 5.88 Å². The van der Waals surface area contributed by atoms with Gasteiger partial charge in [0.15, 0.2) is 0 Å². The summed E-state index contributed by atoms with van der Waals surface area (Å²) in [5, 5.41) is 12.6. The maximum atomic E-state index is 12.1. The number of hydrogen-bond acceptors (Lipinski definition) is 5. The highest BCUT2D eigenvalue weighted by atomic mass is 32.1. The lowest BCUT2D eigenvalue weighted by atomic mass is 10.3. The Morgan fingerprint density at radius 2 is 2.43 bits per heavy atom.